The van der Waals surface area contributed by atoms with Gasteiger partial charge in [-0.25, -0.2) is 0 Å². The van der Waals surface area contributed by atoms with Crippen LogP contribution in [0.1, 0.15) is 30.4 Å². The van der Waals surface area contributed by atoms with Gasteiger partial charge >= 0.3 is 0 Å². The van der Waals surface area contributed by atoms with Crippen LogP contribution in [0.4, 0.5) is 0 Å². The summed E-state index contributed by atoms with van der Waals surface area (Å²) in [5.41, 5.74) is 3.29. The van der Waals surface area contributed by atoms with E-state index >= 15 is 0 Å². The lowest BCUT2D eigenvalue weighted by Crippen LogP contribution is -2.19. The first-order chi connectivity index (χ1) is 6.30. The van der Waals surface area contributed by atoms with Gasteiger partial charge in [0.1, 0.15) is 5.75 Å². The Morgan fingerprint density at radius 3 is 2.85 bits per heavy atom. The third kappa shape index (κ3) is 0.995. The Bertz CT molecular complexity index is 350. The zero-order chi connectivity index (χ0) is 8.89. The van der Waals surface area contributed by atoms with Crippen molar-refractivity contribution in [2.75, 3.05) is 6.61 Å². The lowest BCUT2D eigenvalue weighted by atomic mass is 9.89. The second-order valence-corrected chi connectivity index (χ2v) is 4.38. The van der Waals surface area contributed by atoms with Gasteiger partial charge in [0.05, 0.1) is 6.61 Å². The Morgan fingerprint density at radius 1 is 1.23 bits per heavy atom. The van der Waals surface area contributed by atoms with Crippen LogP contribution in [0.5, 0.6) is 5.75 Å². The van der Waals surface area contributed by atoms with Crippen molar-refractivity contribution >= 4 is 0 Å². The summed E-state index contributed by atoms with van der Waals surface area (Å²) in [5.74, 6) is 1.14. The molecule has 0 N–H and O–H groups in total. The summed E-state index contributed by atoms with van der Waals surface area (Å²) >= 11 is 0. The molecule has 3 rings (SSSR count). The third-order valence-corrected chi connectivity index (χ3v) is 3.40. The molecule has 0 bridgehead atoms. The Labute approximate surface area is 78.7 Å². The second-order valence-electron chi connectivity index (χ2n) is 4.38. The first-order valence-corrected chi connectivity index (χ1v) is 5.04. The lowest BCUT2D eigenvalue weighted by Gasteiger charge is -2.25. The molecule has 1 spiro atoms. The molecule has 68 valence electrons. The van der Waals surface area contributed by atoms with E-state index < -0.39 is 0 Å². The summed E-state index contributed by atoms with van der Waals surface area (Å²) in [4.78, 5) is 0. The maximum absolute atomic E-state index is 5.68. The molecule has 1 aromatic rings. The average molecular weight is 174 g/mol. The van der Waals surface area contributed by atoms with Gasteiger partial charge in [-0.15, -0.1) is 0 Å². The molecule has 1 heteroatoms. The topological polar surface area (TPSA) is 9.23 Å². The van der Waals surface area contributed by atoms with Crippen LogP contribution < -0.4 is 4.74 Å². The second kappa shape index (κ2) is 2.28. The van der Waals surface area contributed by atoms with Gasteiger partial charge in [-0.1, -0.05) is 12.1 Å². The van der Waals surface area contributed by atoms with Crippen molar-refractivity contribution in [3.8, 4) is 5.75 Å². The van der Waals surface area contributed by atoms with Crippen LogP contribution in [0.3, 0.4) is 0 Å². The predicted octanol–water partition coefficient (Wildman–Crippen LogP) is 2.81. The molecule has 0 aromatic heterocycles. The summed E-state index contributed by atoms with van der Waals surface area (Å²) < 4.78 is 5.68. The molecule has 1 aromatic carbocycles. The van der Waals surface area contributed by atoms with Crippen molar-refractivity contribution in [1.29, 1.82) is 0 Å². The molecule has 2 aliphatic rings. The van der Waals surface area contributed by atoms with E-state index in [4.69, 9.17) is 4.74 Å². The Hall–Kier alpha value is -0.980. The Kier molecular flexibility index (Phi) is 1.30. The Balaban J connectivity index is 2.15. The van der Waals surface area contributed by atoms with Gasteiger partial charge in [0, 0.05) is 11.0 Å². The predicted molar refractivity (Wildman–Crippen MR) is 52.2 cm³/mol. The van der Waals surface area contributed by atoms with Crippen molar-refractivity contribution < 1.29 is 4.74 Å². The van der Waals surface area contributed by atoms with Gasteiger partial charge in [0.2, 0.25) is 0 Å². The highest BCUT2D eigenvalue weighted by atomic mass is 16.5. The lowest BCUT2D eigenvalue weighted by molar-refractivity contribution is 0.260. The fourth-order valence-corrected chi connectivity index (χ4v) is 2.35. The number of aryl methyl sites for hydroxylation is 1. The van der Waals surface area contributed by atoms with Crippen LogP contribution in [0, 0.1) is 6.92 Å². The molecule has 0 unspecified atom stereocenters. The van der Waals surface area contributed by atoms with E-state index in [1.807, 2.05) is 0 Å². The van der Waals surface area contributed by atoms with Crippen molar-refractivity contribution in [2.24, 2.45) is 0 Å². The number of benzene rings is 1. The number of hydrogen-bond acceptors (Lipinski definition) is 1. The van der Waals surface area contributed by atoms with Crippen LogP contribution >= 0.6 is 0 Å². The van der Waals surface area contributed by atoms with Crippen LogP contribution in [0.2, 0.25) is 0 Å². The van der Waals surface area contributed by atoms with Gasteiger partial charge in [0.15, 0.2) is 0 Å². The van der Waals surface area contributed by atoms with Crippen LogP contribution in [-0.4, -0.2) is 6.61 Å². The molecule has 0 saturated heterocycles. The summed E-state index contributed by atoms with van der Waals surface area (Å²) in [6, 6.07) is 6.64. The van der Waals surface area contributed by atoms with E-state index in [9.17, 15) is 0 Å². The van der Waals surface area contributed by atoms with Gasteiger partial charge in [-0.05, 0) is 37.8 Å². The van der Waals surface area contributed by atoms with Gasteiger partial charge < -0.3 is 4.74 Å². The largest absolute Gasteiger partial charge is 0.493 e. The average Bonchev–Trinajstić information content (AvgIpc) is 2.86. The van der Waals surface area contributed by atoms with Crippen LogP contribution in [0.15, 0.2) is 18.2 Å². The normalized spacial score (nSPS) is 22.2. The molecule has 1 nitrogen and oxygen atoms in total. The molecule has 13 heavy (non-hydrogen) atoms. The van der Waals surface area contributed by atoms with Crippen LogP contribution in [0.25, 0.3) is 0 Å². The molecular formula is C12H14O. The first-order valence-electron chi connectivity index (χ1n) is 5.04. The quantitative estimate of drug-likeness (QED) is 0.587. The molecular weight excluding hydrogens is 160 g/mol. The number of ether oxygens (including phenoxy) is 1. The molecule has 0 atom stereocenters. The molecule has 0 radical (unpaired) electrons. The zero-order valence-corrected chi connectivity index (χ0v) is 7.97. The molecule has 1 aliphatic carbocycles. The molecule has 1 saturated carbocycles. The molecule has 1 heterocycles. The van der Waals surface area contributed by atoms with E-state index in [1.165, 1.54) is 30.4 Å². The summed E-state index contributed by atoms with van der Waals surface area (Å²) in [5, 5.41) is 0. The number of hydrogen-bond donors (Lipinski definition) is 0. The minimum atomic E-state index is 0.529. The maximum atomic E-state index is 5.68. The highest BCUT2D eigenvalue weighted by Crippen LogP contribution is 2.55. The number of fused-ring (bicyclic) bond motifs is 2. The smallest absolute Gasteiger partial charge is 0.123 e. The van der Waals surface area contributed by atoms with Gasteiger partial charge in [0.25, 0.3) is 0 Å². The minimum absolute atomic E-state index is 0.529. The van der Waals surface area contributed by atoms with Crippen LogP contribution in [-0.2, 0) is 5.41 Å². The SMILES string of the molecule is Cc1ccc2c(c1)OCCC21CC1. The van der Waals surface area contributed by atoms with Gasteiger partial charge in [-0.2, -0.15) is 0 Å². The van der Waals surface area contributed by atoms with E-state index in [2.05, 4.69) is 25.1 Å². The van der Waals surface area contributed by atoms with Crippen molar-refractivity contribution in [2.45, 2.75) is 31.6 Å². The fourth-order valence-electron chi connectivity index (χ4n) is 2.35. The maximum Gasteiger partial charge on any atom is 0.123 e. The molecule has 1 aliphatic heterocycles. The van der Waals surface area contributed by atoms with E-state index in [-0.39, 0.29) is 0 Å². The molecule has 0 amide bonds. The van der Waals surface area contributed by atoms with Crippen molar-refractivity contribution in [3.63, 3.8) is 0 Å². The van der Waals surface area contributed by atoms with Crippen molar-refractivity contribution in [1.82, 2.24) is 0 Å². The third-order valence-electron chi connectivity index (χ3n) is 3.40. The standard InChI is InChI=1S/C12H14O/c1-9-2-3-10-11(8-9)13-7-6-12(10)4-5-12/h2-3,8H,4-7H2,1H3. The van der Waals surface area contributed by atoms with Gasteiger partial charge in [-0.3, -0.25) is 0 Å². The monoisotopic (exact) mass is 174 g/mol. The zero-order valence-electron chi connectivity index (χ0n) is 7.97. The van der Waals surface area contributed by atoms with E-state index in [0.717, 1.165) is 12.4 Å². The first kappa shape index (κ1) is 7.43. The molecule has 1 fully saturated rings. The highest BCUT2D eigenvalue weighted by Gasteiger charge is 2.47. The number of rotatable bonds is 0. The van der Waals surface area contributed by atoms with E-state index in [1.54, 1.807) is 0 Å². The van der Waals surface area contributed by atoms with E-state index in [0.29, 0.717) is 5.41 Å². The highest BCUT2D eigenvalue weighted by molar-refractivity contribution is 5.46. The summed E-state index contributed by atoms with van der Waals surface area (Å²) in [7, 11) is 0. The van der Waals surface area contributed by atoms with Crippen molar-refractivity contribution in [3.05, 3.63) is 29.3 Å². The fraction of sp³-hybridized carbons (Fsp3) is 0.500. The summed E-state index contributed by atoms with van der Waals surface area (Å²) in [6.45, 7) is 3.04. The summed E-state index contributed by atoms with van der Waals surface area (Å²) in [6.07, 6.45) is 3.96. The minimum Gasteiger partial charge on any atom is -0.493 e. The Morgan fingerprint density at radius 2 is 2.08 bits per heavy atom.